The first-order valence-corrected chi connectivity index (χ1v) is 5.50. The Labute approximate surface area is 103 Å². The molecule has 2 heterocycles. The van der Waals surface area contributed by atoms with Gasteiger partial charge in [0.25, 0.3) is 0 Å². The predicted octanol–water partition coefficient (Wildman–Crippen LogP) is 1.40. The Morgan fingerprint density at radius 2 is 2.31 bits per heavy atom. The van der Waals surface area contributed by atoms with Gasteiger partial charge in [-0.15, -0.1) is 12.4 Å². The molecular weight excluding hydrogens is 224 g/mol. The number of aryl methyl sites for hydroxylation is 1. The summed E-state index contributed by atoms with van der Waals surface area (Å²) in [6.07, 6.45) is 4.28. The molecule has 5 heteroatoms. The van der Waals surface area contributed by atoms with Crippen LogP contribution in [0.4, 0.5) is 5.95 Å². The van der Waals surface area contributed by atoms with Crippen LogP contribution in [-0.4, -0.2) is 36.1 Å². The van der Waals surface area contributed by atoms with E-state index in [4.69, 9.17) is 0 Å². The lowest BCUT2D eigenvalue weighted by Crippen LogP contribution is -2.44. The molecule has 0 aliphatic carbocycles. The van der Waals surface area contributed by atoms with Crippen LogP contribution in [0, 0.1) is 6.92 Å². The van der Waals surface area contributed by atoms with Crippen LogP contribution in [0.3, 0.4) is 0 Å². The molecule has 1 aliphatic rings. The Bertz CT molecular complexity index is 326. The number of nitrogens with one attached hydrogen (secondary N) is 1. The van der Waals surface area contributed by atoms with E-state index in [2.05, 4.69) is 27.2 Å². The number of hydrogen-bond acceptors (Lipinski definition) is 4. The van der Waals surface area contributed by atoms with Crippen LogP contribution in [0.25, 0.3) is 0 Å². The smallest absolute Gasteiger partial charge is 0.225 e. The highest BCUT2D eigenvalue weighted by Crippen LogP contribution is 2.14. The van der Waals surface area contributed by atoms with E-state index in [1.54, 1.807) is 0 Å². The van der Waals surface area contributed by atoms with Gasteiger partial charge >= 0.3 is 0 Å². The third kappa shape index (κ3) is 3.06. The molecule has 4 nitrogen and oxygen atoms in total. The minimum absolute atomic E-state index is 0. The molecule has 0 saturated carbocycles. The van der Waals surface area contributed by atoms with Crippen molar-refractivity contribution in [1.82, 2.24) is 15.3 Å². The molecule has 0 aromatic carbocycles. The highest BCUT2D eigenvalue weighted by atomic mass is 35.5. The molecule has 90 valence electrons. The molecule has 1 aromatic heterocycles. The van der Waals surface area contributed by atoms with Crippen molar-refractivity contribution in [2.75, 3.05) is 25.0 Å². The number of halogens is 1. The summed E-state index contributed by atoms with van der Waals surface area (Å²) in [4.78, 5) is 10.9. The maximum Gasteiger partial charge on any atom is 0.225 e. The van der Waals surface area contributed by atoms with Crippen LogP contribution < -0.4 is 10.2 Å². The second-order valence-corrected chi connectivity index (χ2v) is 4.11. The van der Waals surface area contributed by atoms with Gasteiger partial charge < -0.3 is 10.2 Å². The maximum absolute atomic E-state index is 4.44. The molecule has 1 saturated heterocycles. The molecule has 1 atom stereocenters. The van der Waals surface area contributed by atoms with E-state index in [1.165, 1.54) is 12.8 Å². The fourth-order valence-corrected chi connectivity index (χ4v) is 1.93. The molecule has 1 aliphatic heterocycles. The van der Waals surface area contributed by atoms with Crippen molar-refractivity contribution in [2.24, 2.45) is 0 Å². The summed E-state index contributed by atoms with van der Waals surface area (Å²) < 4.78 is 0. The van der Waals surface area contributed by atoms with Gasteiger partial charge in [0, 0.05) is 31.5 Å². The standard InChI is InChI=1S/C11H18N4.ClH/c1-9-5-7-13-11(14-9)15(2)10-4-3-6-12-8-10;/h5,7,10,12H,3-4,6,8H2,1-2H3;1H/t10-;/m0./s1. The van der Waals surface area contributed by atoms with Gasteiger partial charge in [0.05, 0.1) is 0 Å². The first-order chi connectivity index (χ1) is 7.27. The summed E-state index contributed by atoms with van der Waals surface area (Å²) in [5, 5.41) is 3.40. The Morgan fingerprint density at radius 1 is 1.50 bits per heavy atom. The second kappa shape index (κ2) is 6.01. The number of likely N-dealkylation sites (N-methyl/N-ethyl adjacent to an activating group) is 1. The zero-order chi connectivity index (χ0) is 10.7. The van der Waals surface area contributed by atoms with Crippen molar-refractivity contribution in [2.45, 2.75) is 25.8 Å². The molecule has 16 heavy (non-hydrogen) atoms. The largest absolute Gasteiger partial charge is 0.340 e. The van der Waals surface area contributed by atoms with Crippen molar-refractivity contribution < 1.29 is 0 Å². The van der Waals surface area contributed by atoms with E-state index in [9.17, 15) is 0 Å². The van der Waals surface area contributed by atoms with Crippen LogP contribution in [0.15, 0.2) is 12.3 Å². The SMILES string of the molecule is Cc1ccnc(N(C)[C@H]2CCCNC2)n1.Cl. The molecule has 0 amide bonds. The minimum atomic E-state index is 0. The highest BCUT2D eigenvalue weighted by Gasteiger charge is 2.19. The normalized spacial score (nSPS) is 20.0. The van der Waals surface area contributed by atoms with Crippen molar-refractivity contribution >= 4 is 18.4 Å². The van der Waals surface area contributed by atoms with Crippen molar-refractivity contribution in [3.05, 3.63) is 18.0 Å². The van der Waals surface area contributed by atoms with Gasteiger partial charge in [-0.2, -0.15) is 0 Å². The average Bonchev–Trinajstić information content (AvgIpc) is 2.29. The summed E-state index contributed by atoms with van der Waals surface area (Å²) in [6.45, 7) is 4.17. The Morgan fingerprint density at radius 3 is 2.94 bits per heavy atom. The third-order valence-electron chi connectivity index (χ3n) is 2.92. The van der Waals surface area contributed by atoms with Gasteiger partial charge in [0.1, 0.15) is 0 Å². The van der Waals surface area contributed by atoms with E-state index in [-0.39, 0.29) is 12.4 Å². The average molecular weight is 243 g/mol. The van der Waals surface area contributed by atoms with Crippen LogP contribution in [0.5, 0.6) is 0 Å². The van der Waals surface area contributed by atoms with Gasteiger partial charge in [-0.1, -0.05) is 0 Å². The topological polar surface area (TPSA) is 41.1 Å². The first-order valence-electron chi connectivity index (χ1n) is 5.50. The molecule has 2 rings (SSSR count). The highest BCUT2D eigenvalue weighted by molar-refractivity contribution is 5.85. The van der Waals surface area contributed by atoms with E-state index in [0.29, 0.717) is 6.04 Å². The molecule has 1 fully saturated rings. The minimum Gasteiger partial charge on any atom is -0.340 e. The quantitative estimate of drug-likeness (QED) is 0.851. The number of aromatic nitrogens is 2. The predicted molar refractivity (Wildman–Crippen MR) is 68.3 cm³/mol. The van der Waals surface area contributed by atoms with Gasteiger partial charge in [-0.25, -0.2) is 9.97 Å². The van der Waals surface area contributed by atoms with Crippen molar-refractivity contribution in [3.8, 4) is 0 Å². The molecule has 1 N–H and O–H groups in total. The zero-order valence-electron chi connectivity index (χ0n) is 9.81. The van der Waals surface area contributed by atoms with E-state index in [1.807, 2.05) is 19.2 Å². The zero-order valence-corrected chi connectivity index (χ0v) is 10.6. The summed E-state index contributed by atoms with van der Waals surface area (Å²) in [7, 11) is 2.08. The van der Waals surface area contributed by atoms with Crippen LogP contribution in [0.1, 0.15) is 18.5 Å². The van der Waals surface area contributed by atoms with Gasteiger partial charge in [-0.05, 0) is 32.4 Å². The summed E-state index contributed by atoms with van der Waals surface area (Å²) in [6, 6.07) is 2.46. The summed E-state index contributed by atoms with van der Waals surface area (Å²) >= 11 is 0. The maximum atomic E-state index is 4.44. The lowest BCUT2D eigenvalue weighted by atomic mass is 10.1. The Balaban J connectivity index is 0.00000128. The number of nitrogens with zero attached hydrogens (tertiary/aromatic N) is 3. The third-order valence-corrected chi connectivity index (χ3v) is 2.92. The lowest BCUT2D eigenvalue weighted by Gasteiger charge is -2.31. The van der Waals surface area contributed by atoms with Crippen molar-refractivity contribution in [3.63, 3.8) is 0 Å². The molecule has 0 spiro atoms. The number of hydrogen-bond donors (Lipinski definition) is 1. The second-order valence-electron chi connectivity index (χ2n) is 4.11. The van der Waals surface area contributed by atoms with Crippen LogP contribution in [0.2, 0.25) is 0 Å². The van der Waals surface area contributed by atoms with Crippen molar-refractivity contribution in [1.29, 1.82) is 0 Å². The number of rotatable bonds is 2. The molecule has 0 radical (unpaired) electrons. The molecule has 0 unspecified atom stereocenters. The monoisotopic (exact) mass is 242 g/mol. The molecule has 1 aromatic rings. The van der Waals surface area contributed by atoms with E-state index >= 15 is 0 Å². The lowest BCUT2D eigenvalue weighted by molar-refractivity contribution is 0.441. The van der Waals surface area contributed by atoms with Crippen LogP contribution in [-0.2, 0) is 0 Å². The fourth-order valence-electron chi connectivity index (χ4n) is 1.93. The number of piperidine rings is 1. The van der Waals surface area contributed by atoms with Crippen LogP contribution >= 0.6 is 12.4 Å². The van der Waals surface area contributed by atoms with E-state index < -0.39 is 0 Å². The molecule has 0 bridgehead atoms. The summed E-state index contributed by atoms with van der Waals surface area (Å²) in [5.74, 6) is 0.837. The van der Waals surface area contributed by atoms with E-state index in [0.717, 1.165) is 24.7 Å². The number of anilines is 1. The first kappa shape index (κ1) is 13.2. The Kier molecular flexibility index (Phi) is 4.96. The molecular formula is C11H19ClN4. The van der Waals surface area contributed by atoms with Gasteiger partial charge in [0.2, 0.25) is 5.95 Å². The summed E-state index contributed by atoms with van der Waals surface area (Å²) in [5.41, 5.74) is 1.02. The fraction of sp³-hybridized carbons (Fsp3) is 0.636. The van der Waals surface area contributed by atoms with Gasteiger partial charge in [-0.3, -0.25) is 0 Å². The Hall–Kier alpha value is -0.870. The van der Waals surface area contributed by atoms with Gasteiger partial charge in [0.15, 0.2) is 0 Å².